The minimum atomic E-state index is 0.586. The Hall–Kier alpha value is -0.520. The molecule has 0 nitrogen and oxygen atoms in total. The average molecular weight is 230 g/mol. The minimum Gasteiger partial charge on any atom is -0.0851 e. The summed E-state index contributed by atoms with van der Waals surface area (Å²) in [6, 6.07) is 0. The van der Waals surface area contributed by atoms with Crippen molar-refractivity contribution in [3.8, 4) is 0 Å². The third kappa shape index (κ3) is 1.90. The molecule has 4 bridgehead atoms. The Labute approximate surface area is 106 Å². The molecule has 0 aromatic rings. The van der Waals surface area contributed by atoms with Crippen LogP contribution in [0.25, 0.3) is 0 Å². The number of fused-ring (bicyclic) bond motifs is 4. The number of hydrogen-bond acceptors (Lipinski definition) is 0. The van der Waals surface area contributed by atoms with Gasteiger partial charge in [-0.3, -0.25) is 0 Å². The molecule has 5 aliphatic carbocycles. The molecular formula is C17H26. The van der Waals surface area contributed by atoms with Gasteiger partial charge in [0.25, 0.3) is 0 Å². The van der Waals surface area contributed by atoms with E-state index < -0.39 is 0 Å². The molecule has 5 aliphatic rings. The van der Waals surface area contributed by atoms with E-state index in [1.807, 2.05) is 0 Å². The highest BCUT2D eigenvalue weighted by Gasteiger charge is 2.46. The summed E-state index contributed by atoms with van der Waals surface area (Å²) in [6.07, 6.45) is 13.4. The fourth-order valence-corrected chi connectivity index (χ4v) is 4.33. The second-order valence-electron chi connectivity index (χ2n) is 7.14. The predicted molar refractivity (Wildman–Crippen MR) is 73.8 cm³/mol. The Balaban J connectivity index is 0.000000113. The lowest BCUT2D eigenvalue weighted by atomic mass is 9.52. The molecule has 0 amide bonds. The Morgan fingerprint density at radius 1 is 1.06 bits per heavy atom. The lowest BCUT2D eigenvalue weighted by molar-refractivity contribution is 0.133. The summed E-state index contributed by atoms with van der Waals surface area (Å²) in [5.74, 6) is 3.00. The Bertz CT molecular complexity index is 357. The van der Waals surface area contributed by atoms with E-state index in [1.54, 1.807) is 11.1 Å². The highest BCUT2D eigenvalue weighted by Crippen LogP contribution is 2.58. The highest BCUT2D eigenvalue weighted by molar-refractivity contribution is 5.32. The van der Waals surface area contributed by atoms with Crippen LogP contribution in [0.5, 0.6) is 0 Å². The topological polar surface area (TPSA) is 0 Å². The van der Waals surface area contributed by atoms with Gasteiger partial charge in [-0.2, -0.15) is 0 Å². The van der Waals surface area contributed by atoms with Crippen molar-refractivity contribution in [2.24, 2.45) is 23.2 Å². The maximum absolute atomic E-state index is 2.40. The summed E-state index contributed by atoms with van der Waals surface area (Å²) in [6.45, 7) is 7.12. The van der Waals surface area contributed by atoms with Crippen LogP contribution >= 0.6 is 0 Å². The van der Waals surface area contributed by atoms with Crippen molar-refractivity contribution in [1.82, 2.24) is 0 Å². The lowest BCUT2D eigenvalue weighted by Crippen LogP contribution is -2.41. The highest BCUT2D eigenvalue weighted by atomic mass is 14.5. The van der Waals surface area contributed by atoms with E-state index in [1.165, 1.54) is 38.5 Å². The summed E-state index contributed by atoms with van der Waals surface area (Å²) < 4.78 is 0. The monoisotopic (exact) mass is 230 g/mol. The SMILES string of the molecule is C1=CC2CCC1C2.CC1=C2CC(CC1)C2(C)C. The van der Waals surface area contributed by atoms with Crippen LogP contribution in [0.4, 0.5) is 0 Å². The summed E-state index contributed by atoms with van der Waals surface area (Å²) in [5.41, 5.74) is 4.04. The third-order valence-electron chi connectivity index (χ3n) is 5.80. The molecule has 94 valence electrons. The molecule has 0 aromatic heterocycles. The van der Waals surface area contributed by atoms with Crippen LogP contribution in [-0.2, 0) is 0 Å². The van der Waals surface area contributed by atoms with Gasteiger partial charge in [-0.05, 0) is 68.6 Å². The molecule has 0 N–H and O–H groups in total. The third-order valence-corrected chi connectivity index (χ3v) is 5.80. The maximum atomic E-state index is 2.40. The minimum absolute atomic E-state index is 0.586. The van der Waals surface area contributed by atoms with E-state index in [-0.39, 0.29) is 0 Å². The molecule has 0 aromatic carbocycles. The van der Waals surface area contributed by atoms with E-state index >= 15 is 0 Å². The zero-order valence-corrected chi connectivity index (χ0v) is 11.6. The van der Waals surface area contributed by atoms with Gasteiger partial charge in [0.1, 0.15) is 0 Å². The van der Waals surface area contributed by atoms with Crippen molar-refractivity contribution in [1.29, 1.82) is 0 Å². The number of rotatable bonds is 0. The van der Waals surface area contributed by atoms with Gasteiger partial charge in [-0.1, -0.05) is 37.1 Å². The van der Waals surface area contributed by atoms with Crippen molar-refractivity contribution in [2.75, 3.05) is 0 Å². The molecule has 0 radical (unpaired) electrons. The second kappa shape index (κ2) is 4.00. The maximum Gasteiger partial charge on any atom is -0.0111 e. The van der Waals surface area contributed by atoms with Crippen LogP contribution in [0.15, 0.2) is 23.3 Å². The predicted octanol–water partition coefficient (Wildman–Crippen LogP) is 5.12. The summed E-state index contributed by atoms with van der Waals surface area (Å²) in [5, 5.41) is 0. The van der Waals surface area contributed by atoms with Gasteiger partial charge in [0.05, 0.1) is 0 Å². The second-order valence-corrected chi connectivity index (χ2v) is 7.14. The first kappa shape index (κ1) is 11.6. The van der Waals surface area contributed by atoms with Gasteiger partial charge in [0.2, 0.25) is 0 Å². The Morgan fingerprint density at radius 2 is 1.71 bits per heavy atom. The van der Waals surface area contributed by atoms with Gasteiger partial charge in [-0.15, -0.1) is 0 Å². The van der Waals surface area contributed by atoms with E-state index in [0.717, 1.165) is 17.8 Å². The standard InChI is InChI=1S/C10H16.C7H10/c1-7-4-5-8-6-9(7)10(8,2)3;1-2-7-4-3-6(1)5-7/h8H,4-6H2,1-3H3;1-2,6-7H,3-5H2. The van der Waals surface area contributed by atoms with Crippen LogP contribution < -0.4 is 0 Å². The van der Waals surface area contributed by atoms with Crippen LogP contribution in [0.3, 0.4) is 0 Å². The van der Waals surface area contributed by atoms with E-state index in [2.05, 4.69) is 32.9 Å². The zero-order valence-electron chi connectivity index (χ0n) is 11.6. The molecule has 0 heterocycles. The molecule has 0 spiro atoms. The first-order valence-corrected chi connectivity index (χ1v) is 7.45. The van der Waals surface area contributed by atoms with Crippen LogP contribution in [0.1, 0.15) is 59.3 Å². The first-order chi connectivity index (χ1) is 8.07. The van der Waals surface area contributed by atoms with Crippen molar-refractivity contribution < 1.29 is 0 Å². The molecular weight excluding hydrogens is 204 g/mol. The summed E-state index contributed by atoms with van der Waals surface area (Å²) in [7, 11) is 0. The fourth-order valence-electron chi connectivity index (χ4n) is 4.33. The van der Waals surface area contributed by atoms with Crippen LogP contribution in [0, 0.1) is 23.2 Å². The van der Waals surface area contributed by atoms with Gasteiger partial charge >= 0.3 is 0 Å². The summed E-state index contributed by atoms with van der Waals surface area (Å²) in [4.78, 5) is 0. The van der Waals surface area contributed by atoms with Crippen LogP contribution in [0.2, 0.25) is 0 Å². The molecule has 17 heavy (non-hydrogen) atoms. The van der Waals surface area contributed by atoms with Crippen molar-refractivity contribution in [2.45, 2.75) is 59.3 Å². The lowest BCUT2D eigenvalue weighted by Gasteiger charge is -2.52. The normalized spacial score (nSPS) is 39.8. The zero-order chi connectivity index (χ0) is 12.0. The van der Waals surface area contributed by atoms with E-state index in [0.29, 0.717) is 5.41 Å². The van der Waals surface area contributed by atoms with Crippen molar-refractivity contribution in [3.63, 3.8) is 0 Å². The Kier molecular flexibility index (Phi) is 2.72. The van der Waals surface area contributed by atoms with Crippen LogP contribution in [-0.4, -0.2) is 0 Å². The smallest absolute Gasteiger partial charge is 0.0111 e. The number of hydrogen-bond donors (Lipinski definition) is 0. The molecule has 3 atom stereocenters. The van der Waals surface area contributed by atoms with Gasteiger partial charge in [0.15, 0.2) is 0 Å². The molecule has 3 unspecified atom stereocenters. The number of allylic oxidation sites excluding steroid dienone is 4. The van der Waals surface area contributed by atoms with Gasteiger partial charge in [-0.25, -0.2) is 0 Å². The van der Waals surface area contributed by atoms with E-state index in [9.17, 15) is 0 Å². The fraction of sp³-hybridized carbons (Fsp3) is 0.765. The first-order valence-electron chi connectivity index (χ1n) is 7.45. The van der Waals surface area contributed by atoms with Crippen molar-refractivity contribution in [3.05, 3.63) is 23.3 Å². The van der Waals surface area contributed by atoms with Gasteiger partial charge < -0.3 is 0 Å². The largest absolute Gasteiger partial charge is 0.0851 e. The summed E-state index contributed by atoms with van der Waals surface area (Å²) >= 11 is 0. The molecule has 0 saturated heterocycles. The molecule has 5 rings (SSSR count). The molecule has 0 heteroatoms. The van der Waals surface area contributed by atoms with Crippen molar-refractivity contribution >= 4 is 0 Å². The Morgan fingerprint density at radius 3 is 1.94 bits per heavy atom. The average Bonchev–Trinajstić information content (AvgIpc) is 2.93. The molecule has 2 fully saturated rings. The molecule has 2 saturated carbocycles. The quantitative estimate of drug-likeness (QED) is 0.507. The molecule has 0 aliphatic heterocycles. The van der Waals surface area contributed by atoms with E-state index in [4.69, 9.17) is 0 Å². The van der Waals surface area contributed by atoms with Gasteiger partial charge in [0, 0.05) is 0 Å².